The van der Waals surface area contributed by atoms with E-state index < -0.39 is 36.9 Å². The molecule has 37 heavy (non-hydrogen) atoms. The molecule has 1 saturated heterocycles. The molecule has 3 aromatic rings. The summed E-state index contributed by atoms with van der Waals surface area (Å²) in [6.07, 6.45) is 0. The van der Waals surface area contributed by atoms with Crippen molar-refractivity contribution in [3.8, 4) is 0 Å². The number of nitrogens with one attached hydrogen (secondary N) is 1. The van der Waals surface area contributed by atoms with Crippen molar-refractivity contribution in [3.05, 3.63) is 99.0 Å². The van der Waals surface area contributed by atoms with E-state index in [9.17, 15) is 19.2 Å². The summed E-state index contributed by atoms with van der Waals surface area (Å²) in [4.78, 5) is 52.9. The molecule has 3 aliphatic carbocycles. The molecule has 2 bridgehead atoms. The number of esters is 1. The van der Waals surface area contributed by atoms with Crippen molar-refractivity contribution in [2.45, 2.75) is 11.8 Å². The molecule has 0 unspecified atom stereocenters. The highest BCUT2D eigenvalue weighted by Gasteiger charge is 2.61. The fourth-order valence-corrected chi connectivity index (χ4v) is 6.45. The van der Waals surface area contributed by atoms with Gasteiger partial charge in [0.15, 0.2) is 6.61 Å². The number of hydrogen-bond donors (Lipinski definition) is 1. The van der Waals surface area contributed by atoms with Crippen molar-refractivity contribution in [1.82, 2.24) is 4.90 Å². The van der Waals surface area contributed by atoms with Gasteiger partial charge in [0, 0.05) is 16.9 Å². The summed E-state index contributed by atoms with van der Waals surface area (Å²) < 4.78 is 5.08. The van der Waals surface area contributed by atoms with Crippen LogP contribution < -0.4 is 5.32 Å². The smallest absolute Gasteiger partial charge is 0.326 e. The third kappa shape index (κ3) is 3.81. The van der Waals surface area contributed by atoms with Gasteiger partial charge in [0.05, 0.1) is 22.5 Å². The molecular weight excluding hydrogens is 515 g/mol. The lowest BCUT2D eigenvalue weighted by Gasteiger charge is -2.45. The minimum atomic E-state index is -0.847. The first-order chi connectivity index (χ1) is 17.8. The second-order valence-electron chi connectivity index (χ2n) is 9.36. The largest absolute Gasteiger partial charge is 0.454 e. The third-order valence-electron chi connectivity index (χ3n) is 7.40. The highest BCUT2D eigenvalue weighted by molar-refractivity contribution is 6.36. The van der Waals surface area contributed by atoms with Crippen molar-refractivity contribution in [2.75, 3.05) is 18.5 Å². The Balaban J connectivity index is 1.18. The molecule has 7 rings (SSSR count). The normalized spacial score (nSPS) is 22.8. The highest BCUT2D eigenvalue weighted by Crippen LogP contribution is 2.60. The average molecular weight is 535 g/mol. The van der Waals surface area contributed by atoms with Gasteiger partial charge in [0.1, 0.15) is 6.54 Å². The fraction of sp³-hybridized carbons (Fsp3) is 0.214. The van der Waals surface area contributed by atoms with E-state index in [0.29, 0.717) is 10.7 Å². The quantitative estimate of drug-likeness (QED) is 0.387. The Kier molecular flexibility index (Phi) is 5.77. The predicted octanol–water partition coefficient (Wildman–Crippen LogP) is 4.37. The van der Waals surface area contributed by atoms with Crippen molar-refractivity contribution in [1.29, 1.82) is 0 Å². The topological polar surface area (TPSA) is 92.8 Å². The van der Waals surface area contributed by atoms with Gasteiger partial charge in [-0.15, -0.1) is 0 Å². The molecule has 7 nitrogen and oxygen atoms in total. The van der Waals surface area contributed by atoms with E-state index in [4.69, 9.17) is 27.9 Å². The van der Waals surface area contributed by atoms with Crippen LogP contribution >= 0.6 is 23.2 Å². The summed E-state index contributed by atoms with van der Waals surface area (Å²) in [5.41, 5.74) is 4.52. The molecule has 3 amide bonds. The number of halogens is 2. The molecule has 186 valence electrons. The van der Waals surface area contributed by atoms with E-state index in [2.05, 4.69) is 5.32 Å². The lowest BCUT2D eigenvalue weighted by molar-refractivity contribution is -0.154. The Hall–Kier alpha value is -3.68. The van der Waals surface area contributed by atoms with Crippen LogP contribution in [0.25, 0.3) is 0 Å². The van der Waals surface area contributed by atoms with Gasteiger partial charge in [0.2, 0.25) is 11.8 Å². The Bertz CT molecular complexity index is 1370. The first kappa shape index (κ1) is 23.7. The maximum absolute atomic E-state index is 13.5. The molecule has 3 aromatic carbocycles. The van der Waals surface area contributed by atoms with Crippen LogP contribution in [0, 0.1) is 11.8 Å². The van der Waals surface area contributed by atoms with Gasteiger partial charge in [-0.1, -0.05) is 71.7 Å². The van der Waals surface area contributed by atoms with Crippen LogP contribution in [0.5, 0.6) is 0 Å². The monoisotopic (exact) mass is 534 g/mol. The van der Waals surface area contributed by atoms with Crippen LogP contribution in [0.3, 0.4) is 0 Å². The molecule has 1 N–H and O–H groups in total. The van der Waals surface area contributed by atoms with Crippen LogP contribution in [0.4, 0.5) is 5.69 Å². The van der Waals surface area contributed by atoms with E-state index in [1.165, 1.54) is 12.1 Å². The zero-order chi connectivity index (χ0) is 25.8. The standard InChI is InChI=1S/C28H20Cl2N2O5/c29-14-9-10-20(19(30)11-14)31-21(33)13-37-22(34)12-32-27(35)25-23-15-5-1-2-6-16(15)24(26(25)28(32)36)18-8-4-3-7-17(18)23/h1-11,23-26H,12-13H2,(H,31,33)/t23?,24?,25-,26+. The van der Waals surface area contributed by atoms with E-state index >= 15 is 0 Å². The average Bonchev–Trinajstić information content (AvgIpc) is 3.14. The zero-order valence-electron chi connectivity index (χ0n) is 19.3. The van der Waals surface area contributed by atoms with Gasteiger partial charge in [0.25, 0.3) is 5.91 Å². The summed E-state index contributed by atoms with van der Waals surface area (Å²) in [6, 6.07) is 20.4. The van der Waals surface area contributed by atoms with Crippen molar-refractivity contribution in [3.63, 3.8) is 0 Å². The van der Waals surface area contributed by atoms with Gasteiger partial charge in [-0.25, -0.2) is 0 Å². The lowest BCUT2D eigenvalue weighted by atomic mass is 9.55. The molecular formula is C28H20Cl2N2O5. The van der Waals surface area contributed by atoms with E-state index in [1.54, 1.807) is 6.07 Å². The molecule has 0 spiro atoms. The minimum absolute atomic E-state index is 0.236. The van der Waals surface area contributed by atoms with Crippen LogP contribution in [0.1, 0.15) is 34.1 Å². The summed E-state index contributed by atoms with van der Waals surface area (Å²) in [5.74, 6) is -3.90. The predicted molar refractivity (Wildman–Crippen MR) is 136 cm³/mol. The number of amides is 3. The van der Waals surface area contributed by atoms with E-state index in [0.717, 1.165) is 27.2 Å². The van der Waals surface area contributed by atoms with E-state index in [1.807, 2.05) is 48.5 Å². The van der Waals surface area contributed by atoms with Crippen molar-refractivity contribution >= 4 is 52.6 Å². The number of anilines is 1. The van der Waals surface area contributed by atoms with Crippen LogP contribution in [0.15, 0.2) is 66.7 Å². The van der Waals surface area contributed by atoms with Crippen molar-refractivity contribution < 1.29 is 23.9 Å². The molecule has 2 atom stereocenters. The molecule has 1 aliphatic heterocycles. The van der Waals surface area contributed by atoms with Crippen LogP contribution in [0.2, 0.25) is 10.0 Å². The SMILES string of the molecule is O=C(COC(=O)CN1C(=O)[C@@H]2C3c4ccccc4C(c4ccccc43)[C@@H]2C1=O)Nc1ccc(Cl)cc1Cl. The van der Waals surface area contributed by atoms with Gasteiger partial charge in [-0.2, -0.15) is 0 Å². The van der Waals surface area contributed by atoms with Crippen LogP contribution in [-0.4, -0.2) is 41.7 Å². The van der Waals surface area contributed by atoms with Gasteiger partial charge in [-0.3, -0.25) is 24.1 Å². The Labute approximate surface area is 222 Å². The maximum atomic E-state index is 13.5. The Morgan fingerprint density at radius 2 is 1.32 bits per heavy atom. The van der Waals surface area contributed by atoms with E-state index in [-0.39, 0.29) is 28.7 Å². The Morgan fingerprint density at radius 3 is 1.81 bits per heavy atom. The molecule has 4 aliphatic rings. The summed E-state index contributed by atoms with van der Waals surface area (Å²) in [6.45, 7) is -1.14. The summed E-state index contributed by atoms with van der Waals surface area (Å²) >= 11 is 11.9. The number of benzene rings is 3. The second kappa shape index (κ2) is 9.01. The van der Waals surface area contributed by atoms with Gasteiger partial charge in [-0.05, 0) is 40.5 Å². The molecule has 0 radical (unpaired) electrons. The number of hydrogen-bond acceptors (Lipinski definition) is 5. The van der Waals surface area contributed by atoms with Gasteiger partial charge < -0.3 is 10.1 Å². The number of nitrogens with zero attached hydrogens (tertiary/aromatic N) is 1. The number of likely N-dealkylation sites (tertiary alicyclic amines) is 1. The highest BCUT2D eigenvalue weighted by atomic mass is 35.5. The maximum Gasteiger partial charge on any atom is 0.326 e. The fourth-order valence-electron chi connectivity index (χ4n) is 5.99. The number of carbonyl (C=O) groups excluding carboxylic acids is 4. The van der Waals surface area contributed by atoms with Crippen LogP contribution in [-0.2, 0) is 23.9 Å². The molecule has 9 heteroatoms. The number of carbonyl (C=O) groups is 4. The molecule has 0 aromatic heterocycles. The summed E-state index contributed by atoms with van der Waals surface area (Å²) in [7, 11) is 0. The van der Waals surface area contributed by atoms with Crippen molar-refractivity contribution in [2.24, 2.45) is 11.8 Å². The number of rotatable bonds is 5. The second-order valence-corrected chi connectivity index (χ2v) is 10.2. The Morgan fingerprint density at radius 1 is 0.811 bits per heavy atom. The zero-order valence-corrected chi connectivity index (χ0v) is 20.8. The summed E-state index contributed by atoms with van der Waals surface area (Å²) in [5, 5.41) is 3.18. The van der Waals surface area contributed by atoms with Gasteiger partial charge >= 0.3 is 5.97 Å². The molecule has 1 fully saturated rings. The number of imide groups is 1. The first-order valence-corrected chi connectivity index (χ1v) is 12.5. The molecule has 1 heterocycles. The lowest BCUT2D eigenvalue weighted by Crippen LogP contribution is -2.41. The number of ether oxygens (including phenoxy) is 1. The molecule has 0 saturated carbocycles. The third-order valence-corrected chi connectivity index (χ3v) is 7.94. The minimum Gasteiger partial charge on any atom is -0.454 e. The first-order valence-electron chi connectivity index (χ1n) is 11.8.